The van der Waals surface area contributed by atoms with Crippen LogP contribution in [-0.2, 0) is 6.61 Å². The summed E-state index contributed by atoms with van der Waals surface area (Å²) in [5, 5.41) is 18.8. The molecule has 2 heterocycles. The van der Waals surface area contributed by atoms with Crippen LogP contribution in [0.1, 0.15) is 27.3 Å². The zero-order chi connectivity index (χ0) is 23.4. The third-order valence-electron chi connectivity index (χ3n) is 4.37. The molecule has 0 aliphatic carbocycles. The summed E-state index contributed by atoms with van der Waals surface area (Å²) in [4.78, 5) is 12.7. The number of hydrogen-bond acceptors (Lipinski definition) is 9. The molecule has 4 rings (SSSR count). The van der Waals surface area contributed by atoms with Crippen LogP contribution >= 0.6 is 15.9 Å². The predicted octanol–water partition coefficient (Wildman–Crippen LogP) is 2.79. The van der Waals surface area contributed by atoms with Crippen LogP contribution in [0.4, 0.5) is 10.2 Å². The number of nitrogen functional groups attached to an aromatic ring is 1. The van der Waals surface area contributed by atoms with Gasteiger partial charge in [-0.25, -0.2) is 14.4 Å². The maximum atomic E-state index is 13.4. The van der Waals surface area contributed by atoms with Crippen molar-refractivity contribution in [3.63, 3.8) is 0 Å². The topological polar surface area (TPSA) is 146 Å². The number of hydrazone groups is 1. The summed E-state index contributed by atoms with van der Waals surface area (Å²) in [6.45, 7) is 1.75. The van der Waals surface area contributed by atoms with Crippen molar-refractivity contribution in [2.75, 3.05) is 5.73 Å². The van der Waals surface area contributed by atoms with Crippen molar-refractivity contribution in [1.82, 2.24) is 30.7 Å². The third-order valence-corrected chi connectivity index (χ3v) is 4.87. The summed E-state index contributed by atoms with van der Waals surface area (Å²) in [6.07, 6.45) is 1.42. The molecule has 0 saturated carbocycles. The van der Waals surface area contributed by atoms with E-state index in [4.69, 9.17) is 10.5 Å². The van der Waals surface area contributed by atoms with Gasteiger partial charge in [-0.2, -0.15) is 9.78 Å². The lowest BCUT2D eigenvalue weighted by Gasteiger charge is -2.10. The molecule has 33 heavy (non-hydrogen) atoms. The van der Waals surface area contributed by atoms with Crippen molar-refractivity contribution < 1.29 is 18.6 Å². The lowest BCUT2D eigenvalue weighted by molar-refractivity contribution is 0.0946. The molecule has 0 aliphatic rings. The number of carbonyl (C=O) groups excluding carboxylic acids is 1. The summed E-state index contributed by atoms with van der Waals surface area (Å²) in [7, 11) is 0. The second-order valence-electron chi connectivity index (χ2n) is 6.71. The van der Waals surface area contributed by atoms with Gasteiger partial charge in [0.2, 0.25) is 11.6 Å². The molecule has 0 radical (unpaired) electrons. The molecule has 2 aromatic carbocycles. The number of benzene rings is 2. The van der Waals surface area contributed by atoms with E-state index in [0.29, 0.717) is 22.6 Å². The highest BCUT2D eigenvalue weighted by atomic mass is 79.9. The predicted molar refractivity (Wildman–Crippen MR) is 118 cm³/mol. The number of nitrogens with zero attached hydrogens (tertiary/aromatic N) is 6. The number of carbonyl (C=O) groups is 1. The number of ether oxygens (including phenoxy) is 1. The Morgan fingerprint density at radius 1 is 1.33 bits per heavy atom. The van der Waals surface area contributed by atoms with Gasteiger partial charge in [0, 0.05) is 10.0 Å². The summed E-state index contributed by atoms with van der Waals surface area (Å²) < 4.78 is 25.7. The molecule has 4 aromatic rings. The first kappa shape index (κ1) is 22.1. The highest BCUT2D eigenvalue weighted by molar-refractivity contribution is 9.10. The SMILES string of the molecule is Cc1nnn(-c2nonc2N)c1C(=O)NN=Cc1cc(Br)ccc1OCc1cccc(F)c1. The van der Waals surface area contributed by atoms with Gasteiger partial charge in [0.1, 0.15) is 18.2 Å². The highest BCUT2D eigenvalue weighted by Crippen LogP contribution is 2.23. The average molecular weight is 515 g/mol. The highest BCUT2D eigenvalue weighted by Gasteiger charge is 2.22. The van der Waals surface area contributed by atoms with Gasteiger partial charge in [0.05, 0.1) is 11.9 Å². The Morgan fingerprint density at radius 2 is 2.18 bits per heavy atom. The van der Waals surface area contributed by atoms with Gasteiger partial charge in [0.25, 0.3) is 5.91 Å². The number of rotatable bonds is 7. The van der Waals surface area contributed by atoms with Crippen LogP contribution in [0.25, 0.3) is 5.82 Å². The van der Waals surface area contributed by atoms with E-state index in [9.17, 15) is 9.18 Å². The van der Waals surface area contributed by atoms with Crippen molar-refractivity contribution in [3.8, 4) is 11.6 Å². The average Bonchev–Trinajstić information content (AvgIpc) is 3.38. The van der Waals surface area contributed by atoms with Gasteiger partial charge in [-0.15, -0.1) is 5.10 Å². The number of anilines is 1. The Bertz CT molecular complexity index is 1340. The number of halogens is 2. The van der Waals surface area contributed by atoms with E-state index in [1.54, 1.807) is 37.3 Å². The molecular weight excluding hydrogens is 499 g/mol. The van der Waals surface area contributed by atoms with Crippen LogP contribution in [0.2, 0.25) is 0 Å². The van der Waals surface area contributed by atoms with E-state index in [1.165, 1.54) is 18.3 Å². The van der Waals surface area contributed by atoms with Crippen LogP contribution in [0.15, 0.2) is 56.7 Å². The number of aromatic nitrogens is 5. The molecule has 2 aromatic heterocycles. The van der Waals surface area contributed by atoms with Crippen molar-refractivity contribution >= 4 is 33.9 Å². The maximum absolute atomic E-state index is 13.4. The summed E-state index contributed by atoms with van der Waals surface area (Å²) in [5.41, 5.74) is 9.73. The number of amides is 1. The van der Waals surface area contributed by atoms with Crippen LogP contribution in [0, 0.1) is 12.7 Å². The fourth-order valence-corrected chi connectivity index (χ4v) is 3.24. The van der Waals surface area contributed by atoms with Gasteiger partial charge in [-0.1, -0.05) is 33.3 Å². The van der Waals surface area contributed by atoms with Crippen molar-refractivity contribution in [2.45, 2.75) is 13.5 Å². The minimum absolute atomic E-state index is 0.0322. The number of aryl methyl sites for hydroxylation is 1. The van der Waals surface area contributed by atoms with Gasteiger partial charge in [-0.3, -0.25) is 4.79 Å². The van der Waals surface area contributed by atoms with Crippen LogP contribution in [0.5, 0.6) is 5.75 Å². The van der Waals surface area contributed by atoms with E-state index >= 15 is 0 Å². The van der Waals surface area contributed by atoms with Crippen molar-refractivity contribution in [2.24, 2.45) is 5.10 Å². The molecule has 0 spiro atoms. The largest absolute Gasteiger partial charge is 0.488 e. The summed E-state index contributed by atoms with van der Waals surface area (Å²) >= 11 is 3.39. The third kappa shape index (κ3) is 5.03. The standard InChI is InChI=1S/C20H16BrFN8O3/c1-11-17(30(29-25-11)19-18(23)27-33-28-19)20(31)26-24-9-13-8-14(21)5-6-16(13)32-10-12-3-2-4-15(22)7-12/h2-9H,10H2,1H3,(H2,23,27)(H,26,31). The number of nitrogens with one attached hydrogen (secondary N) is 1. The lowest BCUT2D eigenvalue weighted by atomic mass is 10.2. The van der Waals surface area contributed by atoms with Gasteiger partial charge in [0.15, 0.2) is 5.69 Å². The zero-order valence-electron chi connectivity index (χ0n) is 17.1. The lowest BCUT2D eigenvalue weighted by Crippen LogP contribution is -2.22. The molecule has 0 atom stereocenters. The second kappa shape index (κ2) is 9.56. The Morgan fingerprint density at radius 3 is 2.94 bits per heavy atom. The summed E-state index contributed by atoms with van der Waals surface area (Å²) in [5.74, 6) is -0.474. The quantitative estimate of drug-likeness (QED) is 0.282. The first-order valence-electron chi connectivity index (χ1n) is 9.43. The Labute approximate surface area is 194 Å². The zero-order valence-corrected chi connectivity index (χ0v) is 18.7. The normalized spacial score (nSPS) is 11.1. The molecule has 1 amide bonds. The fraction of sp³-hybridized carbons (Fsp3) is 0.100. The fourth-order valence-electron chi connectivity index (χ4n) is 2.86. The molecule has 0 fully saturated rings. The molecular formula is C20H16BrFN8O3. The first-order chi connectivity index (χ1) is 15.9. The molecule has 3 N–H and O–H groups in total. The van der Waals surface area contributed by atoms with E-state index < -0.39 is 5.91 Å². The molecule has 0 bridgehead atoms. The monoisotopic (exact) mass is 514 g/mol. The van der Waals surface area contributed by atoms with E-state index in [0.717, 1.165) is 9.15 Å². The van der Waals surface area contributed by atoms with Crippen LogP contribution in [0.3, 0.4) is 0 Å². The first-order valence-corrected chi connectivity index (χ1v) is 10.2. The second-order valence-corrected chi connectivity index (χ2v) is 7.62. The maximum Gasteiger partial charge on any atom is 0.292 e. The minimum atomic E-state index is -0.603. The van der Waals surface area contributed by atoms with E-state index in [1.807, 2.05) is 0 Å². The molecule has 168 valence electrons. The van der Waals surface area contributed by atoms with Crippen molar-refractivity contribution in [1.29, 1.82) is 0 Å². The molecule has 0 unspecified atom stereocenters. The van der Waals surface area contributed by atoms with Gasteiger partial charge >= 0.3 is 0 Å². The molecule has 11 nitrogen and oxygen atoms in total. The molecule has 13 heteroatoms. The van der Waals surface area contributed by atoms with E-state index in [2.05, 4.69) is 51.7 Å². The van der Waals surface area contributed by atoms with Crippen LogP contribution < -0.4 is 15.9 Å². The minimum Gasteiger partial charge on any atom is -0.488 e. The van der Waals surface area contributed by atoms with E-state index in [-0.39, 0.29) is 29.8 Å². The van der Waals surface area contributed by atoms with Crippen molar-refractivity contribution in [3.05, 3.63) is 75.3 Å². The molecule has 0 saturated heterocycles. The Hall–Kier alpha value is -4.13. The molecule has 0 aliphatic heterocycles. The Kier molecular flexibility index (Phi) is 6.40. The van der Waals surface area contributed by atoms with Crippen LogP contribution in [-0.4, -0.2) is 37.4 Å². The van der Waals surface area contributed by atoms with Gasteiger partial charge < -0.3 is 10.5 Å². The smallest absolute Gasteiger partial charge is 0.292 e. The number of hydrogen-bond donors (Lipinski definition) is 2. The van der Waals surface area contributed by atoms with Gasteiger partial charge in [-0.05, 0) is 53.1 Å². The Balaban J connectivity index is 1.50. The summed E-state index contributed by atoms with van der Waals surface area (Å²) in [6, 6.07) is 11.4. The number of nitrogens with two attached hydrogens (primary N) is 1.